The highest BCUT2D eigenvalue weighted by molar-refractivity contribution is 7.15. The summed E-state index contributed by atoms with van der Waals surface area (Å²) in [5.41, 5.74) is 0. The van der Waals surface area contributed by atoms with Crippen molar-refractivity contribution in [3.8, 4) is 10.8 Å². The van der Waals surface area contributed by atoms with Gasteiger partial charge in [0.1, 0.15) is 4.88 Å². The highest BCUT2D eigenvalue weighted by atomic mass is 35.5. The predicted molar refractivity (Wildman–Crippen MR) is 62.8 cm³/mol. The molecule has 2 rings (SSSR count). The standard InChI is InChI=1S/C11H6ClFO3S/c12-6-2-1-3-7(10(6)13)16-9-5-4-8(17-9)11(14)15/h1-5H,(H,14,15). The van der Waals surface area contributed by atoms with Gasteiger partial charge in [0.05, 0.1) is 5.02 Å². The highest BCUT2D eigenvalue weighted by Gasteiger charge is 2.12. The van der Waals surface area contributed by atoms with Crippen molar-refractivity contribution in [1.82, 2.24) is 0 Å². The van der Waals surface area contributed by atoms with E-state index in [1.54, 1.807) is 6.07 Å². The van der Waals surface area contributed by atoms with E-state index in [0.29, 0.717) is 5.06 Å². The zero-order chi connectivity index (χ0) is 12.4. The minimum atomic E-state index is -1.04. The van der Waals surface area contributed by atoms with Gasteiger partial charge >= 0.3 is 5.97 Å². The summed E-state index contributed by atoms with van der Waals surface area (Å²) in [5.74, 6) is -1.74. The van der Waals surface area contributed by atoms with Gasteiger partial charge in [-0.3, -0.25) is 0 Å². The molecule has 0 aliphatic carbocycles. The van der Waals surface area contributed by atoms with E-state index >= 15 is 0 Å². The van der Waals surface area contributed by atoms with E-state index in [1.807, 2.05) is 0 Å². The number of ether oxygens (including phenoxy) is 1. The summed E-state index contributed by atoms with van der Waals surface area (Å²) in [7, 11) is 0. The zero-order valence-electron chi connectivity index (χ0n) is 8.31. The lowest BCUT2D eigenvalue weighted by Gasteiger charge is -2.04. The fourth-order valence-electron chi connectivity index (χ4n) is 1.16. The van der Waals surface area contributed by atoms with Crippen LogP contribution in [-0.4, -0.2) is 11.1 Å². The minimum absolute atomic E-state index is 0.0312. The van der Waals surface area contributed by atoms with Crippen LogP contribution in [0.3, 0.4) is 0 Å². The number of aromatic carboxylic acids is 1. The number of halogens is 2. The Labute approximate surface area is 105 Å². The molecular weight excluding hydrogens is 267 g/mol. The zero-order valence-corrected chi connectivity index (χ0v) is 9.89. The van der Waals surface area contributed by atoms with Crippen LogP contribution in [0.1, 0.15) is 9.67 Å². The molecule has 3 nitrogen and oxygen atoms in total. The SMILES string of the molecule is O=C(O)c1ccc(Oc2cccc(Cl)c2F)s1. The van der Waals surface area contributed by atoms with Gasteiger partial charge in [-0.05, 0) is 24.3 Å². The van der Waals surface area contributed by atoms with E-state index in [0.717, 1.165) is 11.3 Å². The van der Waals surface area contributed by atoms with E-state index in [-0.39, 0.29) is 15.6 Å². The Kier molecular flexibility index (Phi) is 3.31. The third-order valence-corrected chi connectivity index (χ3v) is 3.16. The second-order valence-corrected chi connectivity index (χ2v) is 4.53. The highest BCUT2D eigenvalue weighted by Crippen LogP contribution is 2.32. The first-order chi connectivity index (χ1) is 8.08. The average Bonchev–Trinajstić information content (AvgIpc) is 2.73. The average molecular weight is 273 g/mol. The quantitative estimate of drug-likeness (QED) is 0.917. The molecule has 0 saturated carbocycles. The number of hydrogen-bond donors (Lipinski definition) is 1. The Morgan fingerprint density at radius 1 is 1.35 bits per heavy atom. The maximum absolute atomic E-state index is 13.5. The van der Waals surface area contributed by atoms with Gasteiger partial charge in [0.25, 0.3) is 0 Å². The van der Waals surface area contributed by atoms with Gasteiger partial charge in [-0.25, -0.2) is 9.18 Å². The molecule has 0 saturated heterocycles. The molecule has 88 valence electrons. The lowest BCUT2D eigenvalue weighted by Crippen LogP contribution is -1.89. The van der Waals surface area contributed by atoms with Crippen LogP contribution in [0.5, 0.6) is 10.8 Å². The van der Waals surface area contributed by atoms with E-state index in [9.17, 15) is 9.18 Å². The van der Waals surface area contributed by atoms with E-state index < -0.39 is 11.8 Å². The molecule has 1 aromatic heterocycles. The predicted octanol–water partition coefficient (Wildman–Crippen LogP) is 4.03. The van der Waals surface area contributed by atoms with E-state index in [1.165, 1.54) is 24.3 Å². The van der Waals surface area contributed by atoms with Crippen molar-refractivity contribution in [1.29, 1.82) is 0 Å². The van der Waals surface area contributed by atoms with Gasteiger partial charge in [0, 0.05) is 0 Å². The number of carboxylic acids is 1. The summed E-state index contributed by atoms with van der Waals surface area (Å²) in [6, 6.07) is 7.23. The summed E-state index contributed by atoms with van der Waals surface area (Å²) in [6.45, 7) is 0. The molecular formula is C11H6ClFO3S. The van der Waals surface area contributed by atoms with E-state index in [2.05, 4.69) is 0 Å². The Morgan fingerprint density at radius 2 is 2.12 bits per heavy atom. The lowest BCUT2D eigenvalue weighted by molar-refractivity contribution is 0.0702. The molecule has 0 spiro atoms. The molecule has 2 aromatic rings. The fourth-order valence-corrected chi connectivity index (χ4v) is 2.03. The van der Waals surface area contributed by atoms with Crippen molar-refractivity contribution >= 4 is 28.9 Å². The monoisotopic (exact) mass is 272 g/mol. The fraction of sp³-hybridized carbons (Fsp3) is 0. The van der Waals surface area contributed by atoms with Gasteiger partial charge in [-0.1, -0.05) is 29.0 Å². The van der Waals surface area contributed by atoms with Crippen LogP contribution in [0.25, 0.3) is 0 Å². The smallest absolute Gasteiger partial charge is 0.345 e. The van der Waals surface area contributed by atoms with Crippen LogP contribution in [0.15, 0.2) is 30.3 Å². The molecule has 1 aromatic carbocycles. The number of thiophene rings is 1. The molecule has 1 heterocycles. The second kappa shape index (κ2) is 4.73. The summed E-state index contributed by atoms with van der Waals surface area (Å²) >= 11 is 6.51. The van der Waals surface area contributed by atoms with Gasteiger partial charge in [0.2, 0.25) is 0 Å². The molecule has 0 aliphatic rings. The maximum Gasteiger partial charge on any atom is 0.345 e. The Hall–Kier alpha value is -1.59. The first-order valence-corrected chi connectivity index (χ1v) is 5.72. The van der Waals surface area contributed by atoms with E-state index in [4.69, 9.17) is 21.4 Å². The van der Waals surface area contributed by atoms with Crippen molar-refractivity contribution in [2.75, 3.05) is 0 Å². The normalized spacial score (nSPS) is 10.2. The maximum atomic E-state index is 13.5. The minimum Gasteiger partial charge on any atom is -0.477 e. The number of carbonyl (C=O) groups is 1. The van der Waals surface area contributed by atoms with Gasteiger partial charge in [-0.2, -0.15) is 0 Å². The van der Waals surface area contributed by atoms with Crippen molar-refractivity contribution in [2.24, 2.45) is 0 Å². The molecule has 6 heteroatoms. The number of hydrogen-bond acceptors (Lipinski definition) is 3. The van der Waals surface area contributed by atoms with Crippen molar-refractivity contribution in [3.05, 3.63) is 46.0 Å². The molecule has 0 atom stereocenters. The Bertz CT molecular complexity index is 568. The summed E-state index contributed by atoms with van der Waals surface area (Å²) in [4.78, 5) is 10.8. The third kappa shape index (κ3) is 2.57. The van der Waals surface area contributed by atoms with Crippen LogP contribution in [0.4, 0.5) is 4.39 Å². The molecule has 0 aliphatic heterocycles. The first-order valence-electron chi connectivity index (χ1n) is 4.53. The Morgan fingerprint density at radius 3 is 2.76 bits per heavy atom. The van der Waals surface area contributed by atoms with Gasteiger partial charge < -0.3 is 9.84 Å². The third-order valence-electron chi connectivity index (χ3n) is 1.92. The Balaban J connectivity index is 2.25. The van der Waals surface area contributed by atoms with Gasteiger partial charge in [0.15, 0.2) is 16.6 Å². The lowest BCUT2D eigenvalue weighted by atomic mass is 10.3. The molecule has 0 fully saturated rings. The van der Waals surface area contributed by atoms with Crippen molar-refractivity contribution < 1.29 is 19.0 Å². The topological polar surface area (TPSA) is 46.5 Å². The second-order valence-electron chi connectivity index (χ2n) is 3.08. The number of carboxylic acid groups (broad SMARTS) is 1. The summed E-state index contributed by atoms with van der Waals surface area (Å²) in [5, 5.41) is 8.97. The number of rotatable bonds is 3. The van der Waals surface area contributed by atoms with Crippen LogP contribution >= 0.6 is 22.9 Å². The first kappa shape index (κ1) is 11.9. The molecule has 0 radical (unpaired) electrons. The van der Waals surface area contributed by atoms with Crippen LogP contribution in [-0.2, 0) is 0 Å². The largest absolute Gasteiger partial charge is 0.477 e. The molecule has 0 amide bonds. The molecule has 1 N–H and O–H groups in total. The molecule has 0 bridgehead atoms. The van der Waals surface area contributed by atoms with Crippen LogP contribution in [0.2, 0.25) is 5.02 Å². The van der Waals surface area contributed by atoms with Crippen LogP contribution in [0, 0.1) is 5.82 Å². The van der Waals surface area contributed by atoms with Gasteiger partial charge in [-0.15, -0.1) is 0 Å². The molecule has 0 unspecified atom stereocenters. The van der Waals surface area contributed by atoms with Crippen molar-refractivity contribution in [3.63, 3.8) is 0 Å². The molecule has 17 heavy (non-hydrogen) atoms. The van der Waals surface area contributed by atoms with Crippen LogP contribution < -0.4 is 4.74 Å². The number of benzene rings is 1. The summed E-state index contributed by atoms with van der Waals surface area (Å²) in [6.07, 6.45) is 0. The summed E-state index contributed by atoms with van der Waals surface area (Å²) < 4.78 is 18.7. The van der Waals surface area contributed by atoms with Crippen molar-refractivity contribution in [2.45, 2.75) is 0 Å².